The highest BCUT2D eigenvalue weighted by Gasteiger charge is 2.47. The van der Waals surface area contributed by atoms with Gasteiger partial charge >= 0.3 is 0 Å². The maximum atomic E-state index is 13.0. The number of fused-ring (bicyclic) bond motifs is 1. The standard InChI is InChI=1S/C22H23ClN2O4S/c1-14-10-11-15(13-25-21(26)16-6-2-3-7-17(16)22(25)27)12-20(14)30(28,29)24-19-9-5-4-8-18(19)23/h4-5,8-12,16-17,24H,2-3,6-7,13H2,1H3/t16-,17-/m0/s1. The van der Waals surface area contributed by atoms with Crippen LogP contribution in [-0.2, 0) is 26.2 Å². The number of halogens is 1. The van der Waals surface area contributed by atoms with Crippen LogP contribution in [0, 0.1) is 18.8 Å². The lowest BCUT2D eigenvalue weighted by atomic mass is 9.81. The van der Waals surface area contributed by atoms with Crippen molar-refractivity contribution in [2.24, 2.45) is 11.8 Å². The number of hydrogen-bond donors (Lipinski definition) is 1. The Hall–Kier alpha value is -2.38. The molecule has 1 saturated heterocycles. The molecule has 1 N–H and O–H groups in total. The summed E-state index contributed by atoms with van der Waals surface area (Å²) in [5.74, 6) is -0.712. The van der Waals surface area contributed by atoms with Gasteiger partial charge in [0.1, 0.15) is 0 Å². The molecule has 1 aliphatic heterocycles. The maximum absolute atomic E-state index is 13.0. The Morgan fingerprint density at radius 2 is 1.67 bits per heavy atom. The fourth-order valence-corrected chi connectivity index (χ4v) is 5.96. The van der Waals surface area contributed by atoms with Crippen molar-refractivity contribution in [2.75, 3.05) is 4.72 Å². The third-order valence-electron chi connectivity index (χ3n) is 5.93. The number of para-hydroxylation sites is 1. The molecule has 0 bridgehead atoms. The van der Waals surface area contributed by atoms with Gasteiger partial charge in [0, 0.05) is 0 Å². The molecule has 4 rings (SSSR count). The molecule has 0 aromatic heterocycles. The topological polar surface area (TPSA) is 83.6 Å². The second-order valence-electron chi connectivity index (χ2n) is 7.95. The molecule has 2 amide bonds. The number of benzene rings is 2. The average molecular weight is 447 g/mol. The third-order valence-corrected chi connectivity index (χ3v) is 7.77. The number of nitrogens with one attached hydrogen (secondary N) is 1. The number of sulfonamides is 1. The number of carbonyl (C=O) groups excluding carboxylic acids is 2. The van der Waals surface area contributed by atoms with E-state index in [1.54, 1.807) is 43.3 Å². The van der Waals surface area contributed by atoms with E-state index in [0.29, 0.717) is 16.1 Å². The Bertz CT molecular complexity index is 1090. The van der Waals surface area contributed by atoms with Gasteiger partial charge < -0.3 is 0 Å². The zero-order valence-electron chi connectivity index (χ0n) is 16.6. The summed E-state index contributed by atoms with van der Waals surface area (Å²) in [6, 6.07) is 11.6. The molecule has 2 aromatic carbocycles. The molecular weight excluding hydrogens is 424 g/mol. The number of rotatable bonds is 5. The number of hydrogen-bond acceptors (Lipinski definition) is 4. The van der Waals surface area contributed by atoms with Gasteiger partial charge in [0.25, 0.3) is 10.0 Å². The number of carbonyl (C=O) groups is 2. The van der Waals surface area contributed by atoms with E-state index in [9.17, 15) is 18.0 Å². The summed E-state index contributed by atoms with van der Waals surface area (Å²) >= 11 is 6.09. The minimum atomic E-state index is -3.89. The molecule has 1 heterocycles. The van der Waals surface area contributed by atoms with Crippen LogP contribution in [0.1, 0.15) is 36.8 Å². The lowest BCUT2D eigenvalue weighted by molar-refractivity contribution is -0.140. The van der Waals surface area contributed by atoms with Crippen molar-refractivity contribution in [1.29, 1.82) is 0 Å². The summed E-state index contributed by atoms with van der Waals surface area (Å²) < 4.78 is 28.5. The monoisotopic (exact) mass is 446 g/mol. The summed E-state index contributed by atoms with van der Waals surface area (Å²) in [7, 11) is -3.89. The highest BCUT2D eigenvalue weighted by atomic mass is 35.5. The first-order chi connectivity index (χ1) is 14.3. The minimum Gasteiger partial charge on any atom is -0.278 e. The predicted molar refractivity (Wildman–Crippen MR) is 114 cm³/mol. The smallest absolute Gasteiger partial charge is 0.262 e. The van der Waals surface area contributed by atoms with Crippen molar-refractivity contribution in [3.05, 3.63) is 58.6 Å². The van der Waals surface area contributed by atoms with E-state index in [1.807, 2.05) is 0 Å². The normalized spacial score (nSPS) is 21.6. The number of amides is 2. The predicted octanol–water partition coefficient (Wildman–Crippen LogP) is 4.12. The summed E-state index contributed by atoms with van der Waals surface area (Å²) in [5, 5.41) is 0.297. The third kappa shape index (κ3) is 3.84. The van der Waals surface area contributed by atoms with Crippen LogP contribution in [0.4, 0.5) is 5.69 Å². The van der Waals surface area contributed by atoms with Crippen molar-refractivity contribution < 1.29 is 18.0 Å². The van der Waals surface area contributed by atoms with Gasteiger partial charge in [-0.3, -0.25) is 19.2 Å². The molecule has 1 aliphatic carbocycles. The first kappa shape index (κ1) is 20.9. The lowest BCUT2D eigenvalue weighted by Gasteiger charge is -2.19. The molecule has 0 radical (unpaired) electrons. The average Bonchev–Trinajstić information content (AvgIpc) is 2.96. The highest BCUT2D eigenvalue weighted by molar-refractivity contribution is 7.92. The summed E-state index contributed by atoms with van der Waals surface area (Å²) in [5.41, 5.74) is 1.45. The summed E-state index contributed by atoms with van der Waals surface area (Å²) in [6.45, 7) is 1.78. The van der Waals surface area contributed by atoms with Gasteiger partial charge in [-0.05, 0) is 49.1 Å². The van der Waals surface area contributed by atoms with Crippen molar-refractivity contribution in [3.63, 3.8) is 0 Å². The van der Waals surface area contributed by atoms with Gasteiger partial charge in [0.2, 0.25) is 11.8 Å². The van der Waals surface area contributed by atoms with Gasteiger partial charge in [-0.1, -0.05) is 48.7 Å². The molecule has 2 aromatic rings. The lowest BCUT2D eigenvalue weighted by Crippen LogP contribution is -2.30. The van der Waals surface area contributed by atoms with Crippen LogP contribution in [0.5, 0.6) is 0 Å². The van der Waals surface area contributed by atoms with Crippen molar-refractivity contribution in [1.82, 2.24) is 4.90 Å². The first-order valence-electron chi connectivity index (χ1n) is 10.00. The molecule has 2 aliphatic rings. The Morgan fingerprint density at radius 1 is 1.03 bits per heavy atom. The zero-order valence-corrected chi connectivity index (χ0v) is 18.2. The Kier molecular flexibility index (Phi) is 5.59. The molecular formula is C22H23ClN2O4S. The van der Waals surface area contributed by atoms with Crippen LogP contribution >= 0.6 is 11.6 Å². The Labute approximate surface area is 181 Å². The van der Waals surface area contributed by atoms with E-state index in [1.165, 1.54) is 11.0 Å². The molecule has 6 nitrogen and oxygen atoms in total. The van der Waals surface area contributed by atoms with Gasteiger partial charge in [-0.15, -0.1) is 0 Å². The number of imide groups is 1. The van der Waals surface area contributed by atoms with E-state index in [4.69, 9.17) is 11.6 Å². The fourth-order valence-electron chi connectivity index (χ4n) is 4.35. The van der Waals surface area contributed by atoms with Crippen LogP contribution in [0.25, 0.3) is 0 Å². The van der Waals surface area contributed by atoms with E-state index in [-0.39, 0.29) is 40.8 Å². The fraction of sp³-hybridized carbons (Fsp3) is 0.364. The van der Waals surface area contributed by atoms with Gasteiger partial charge in [-0.2, -0.15) is 0 Å². The van der Waals surface area contributed by atoms with Crippen molar-refractivity contribution in [3.8, 4) is 0 Å². The minimum absolute atomic E-state index is 0.0829. The number of aryl methyl sites for hydroxylation is 1. The second kappa shape index (κ2) is 8.04. The number of anilines is 1. The van der Waals surface area contributed by atoms with Gasteiger partial charge in [0.15, 0.2) is 0 Å². The molecule has 158 valence electrons. The molecule has 2 fully saturated rings. The van der Waals surface area contributed by atoms with Crippen molar-refractivity contribution >= 4 is 39.1 Å². The largest absolute Gasteiger partial charge is 0.278 e. The number of nitrogens with zero attached hydrogens (tertiary/aromatic N) is 1. The Balaban J connectivity index is 1.60. The molecule has 1 saturated carbocycles. The van der Waals surface area contributed by atoms with Crippen LogP contribution in [0.15, 0.2) is 47.4 Å². The van der Waals surface area contributed by atoms with E-state index in [2.05, 4.69) is 4.72 Å². The van der Waals surface area contributed by atoms with Crippen molar-refractivity contribution in [2.45, 2.75) is 44.0 Å². The van der Waals surface area contributed by atoms with Crippen LogP contribution in [0.2, 0.25) is 5.02 Å². The van der Waals surface area contributed by atoms with Gasteiger partial charge in [0.05, 0.1) is 34.0 Å². The quantitative estimate of drug-likeness (QED) is 0.700. The molecule has 30 heavy (non-hydrogen) atoms. The molecule has 0 spiro atoms. The van der Waals surface area contributed by atoms with Crippen LogP contribution in [0.3, 0.4) is 0 Å². The summed E-state index contributed by atoms with van der Waals surface area (Å²) in [6.07, 6.45) is 3.44. The first-order valence-corrected chi connectivity index (χ1v) is 11.9. The van der Waals surface area contributed by atoms with E-state index < -0.39 is 10.0 Å². The van der Waals surface area contributed by atoms with E-state index >= 15 is 0 Å². The van der Waals surface area contributed by atoms with Crippen LogP contribution < -0.4 is 4.72 Å². The molecule has 2 atom stereocenters. The second-order valence-corrected chi connectivity index (χ2v) is 10.0. The number of likely N-dealkylation sites (tertiary alicyclic amines) is 1. The molecule has 8 heteroatoms. The zero-order chi connectivity index (χ0) is 21.5. The van der Waals surface area contributed by atoms with Gasteiger partial charge in [-0.25, -0.2) is 8.42 Å². The highest BCUT2D eigenvalue weighted by Crippen LogP contribution is 2.38. The van der Waals surface area contributed by atoms with Crippen LogP contribution in [-0.4, -0.2) is 25.1 Å². The maximum Gasteiger partial charge on any atom is 0.262 e. The molecule has 0 unspecified atom stereocenters. The summed E-state index contributed by atoms with van der Waals surface area (Å²) in [4.78, 5) is 26.9. The van der Waals surface area contributed by atoms with E-state index in [0.717, 1.165) is 25.7 Å². The Morgan fingerprint density at radius 3 is 2.30 bits per heavy atom. The SMILES string of the molecule is Cc1ccc(CN2C(=O)[C@H]3CCCC[C@@H]3C2=O)cc1S(=O)(=O)Nc1ccccc1Cl.